The Hall–Kier alpha value is -0.880. The first kappa shape index (κ1) is 10.2. The lowest BCUT2D eigenvalue weighted by Gasteiger charge is -2.28. The molecule has 0 atom stereocenters. The average Bonchev–Trinajstić information content (AvgIpc) is 1.78. The minimum atomic E-state index is -2.32. The quantitative estimate of drug-likeness (QED) is 0.646. The largest absolute Gasteiger partial charge is 0.758 e. The fourth-order valence-corrected chi connectivity index (χ4v) is 1.60. The number of allylic oxidation sites excluding steroid dienone is 2. The summed E-state index contributed by atoms with van der Waals surface area (Å²) in [5, 5.41) is 11.2. The number of hydroxylamine groups is 2. The molecule has 6 heteroatoms. The first-order valence-electron chi connectivity index (χ1n) is 3.55. The molecule has 0 saturated carbocycles. The SMILES string of the molecule is CS(C)(=O)=NC1=CC(F)=CN([O-])C1. The lowest BCUT2D eigenvalue weighted by molar-refractivity contribution is 0.504. The van der Waals surface area contributed by atoms with Crippen molar-refractivity contribution >= 4 is 9.73 Å². The molecule has 0 aromatic rings. The monoisotopic (exact) mass is 205 g/mol. The summed E-state index contributed by atoms with van der Waals surface area (Å²) in [5.74, 6) is -0.663. The van der Waals surface area contributed by atoms with E-state index in [4.69, 9.17) is 0 Å². The molecule has 0 unspecified atom stereocenters. The van der Waals surface area contributed by atoms with Crippen molar-refractivity contribution in [3.05, 3.63) is 29.0 Å². The Balaban J connectivity index is 2.97. The summed E-state index contributed by atoms with van der Waals surface area (Å²) in [4.78, 5) is 0. The normalized spacial score (nSPS) is 18.0. The van der Waals surface area contributed by atoms with E-state index < -0.39 is 15.6 Å². The molecule has 0 N–H and O–H groups in total. The standard InChI is InChI=1S/C7H10FN2O2S/c1-13(2,12)9-7-3-6(8)4-10(11)5-7/h3-4H,5H2,1-2H3/q-1. The molecule has 0 amide bonds. The van der Waals surface area contributed by atoms with Gasteiger partial charge in [0.25, 0.3) is 0 Å². The van der Waals surface area contributed by atoms with E-state index in [1.807, 2.05) is 0 Å². The first-order chi connectivity index (χ1) is 5.87. The van der Waals surface area contributed by atoms with Gasteiger partial charge in [0, 0.05) is 35.0 Å². The highest BCUT2D eigenvalue weighted by atomic mass is 32.2. The maximum Gasteiger partial charge on any atom is 0.140 e. The smallest absolute Gasteiger partial charge is 0.140 e. The summed E-state index contributed by atoms with van der Waals surface area (Å²) in [6.45, 7) is -0.0495. The molecule has 1 aliphatic heterocycles. The van der Waals surface area contributed by atoms with E-state index in [1.54, 1.807) is 0 Å². The van der Waals surface area contributed by atoms with E-state index in [2.05, 4.69) is 4.36 Å². The van der Waals surface area contributed by atoms with Crippen LogP contribution in [0.2, 0.25) is 0 Å². The van der Waals surface area contributed by atoms with E-state index in [-0.39, 0.29) is 12.2 Å². The Bertz CT molecular complexity index is 372. The molecule has 0 radical (unpaired) electrons. The van der Waals surface area contributed by atoms with Gasteiger partial charge in [0.2, 0.25) is 0 Å². The number of rotatable bonds is 1. The number of nitrogens with zero attached hydrogens (tertiary/aromatic N) is 2. The molecular weight excluding hydrogens is 195 g/mol. The van der Waals surface area contributed by atoms with Crippen molar-refractivity contribution < 1.29 is 8.60 Å². The summed E-state index contributed by atoms with van der Waals surface area (Å²) in [6, 6.07) is 0. The summed E-state index contributed by atoms with van der Waals surface area (Å²) in [5.41, 5.74) is 0.213. The van der Waals surface area contributed by atoms with Gasteiger partial charge in [-0.3, -0.25) is 0 Å². The van der Waals surface area contributed by atoms with Crippen LogP contribution in [0.25, 0.3) is 0 Å². The molecule has 0 spiro atoms. The average molecular weight is 205 g/mol. The molecule has 1 aliphatic rings. The molecule has 1 rings (SSSR count). The van der Waals surface area contributed by atoms with Gasteiger partial charge in [-0.2, -0.15) is 0 Å². The fourth-order valence-electron chi connectivity index (χ4n) is 0.923. The van der Waals surface area contributed by atoms with Crippen LogP contribution in [0.15, 0.2) is 28.2 Å². The Morgan fingerprint density at radius 1 is 1.69 bits per heavy atom. The zero-order valence-electron chi connectivity index (χ0n) is 7.36. The topological polar surface area (TPSA) is 55.7 Å². The lowest BCUT2D eigenvalue weighted by atomic mass is 10.3. The van der Waals surface area contributed by atoms with E-state index >= 15 is 0 Å². The maximum atomic E-state index is 12.6. The van der Waals surface area contributed by atoms with Gasteiger partial charge in [0.1, 0.15) is 5.83 Å². The molecule has 0 aliphatic carbocycles. The molecule has 13 heavy (non-hydrogen) atoms. The summed E-state index contributed by atoms with van der Waals surface area (Å²) in [6.07, 6.45) is 4.80. The van der Waals surface area contributed by atoms with Crippen LogP contribution in [0.1, 0.15) is 0 Å². The number of hydrogen-bond donors (Lipinski definition) is 0. The Morgan fingerprint density at radius 2 is 2.31 bits per heavy atom. The van der Waals surface area contributed by atoms with Gasteiger partial charge in [-0.25, -0.2) is 13.0 Å². The number of halogens is 1. The molecule has 0 aromatic carbocycles. The fraction of sp³-hybridized carbons (Fsp3) is 0.429. The van der Waals surface area contributed by atoms with Crippen LogP contribution in [-0.4, -0.2) is 28.3 Å². The Labute approximate surface area is 76.5 Å². The van der Waals surface area contributed by atoms with Crippen molar-refractivity contribution in [3.8, 4) is 0 Å². The van der Waals surface area contributed by atoms with E-state index in [9.17, 15) is 13.8 Å². The molecule has 0 saturated heterocycles. The molecule has 1 heterocycles. The molecular formula is C7H10FN2O2S-. The second kappa shape index (κ2) is 3.47. The predicted octanol–water partition coefficient (Wildman–Crippen LogP) is 1.22. The third-order valence-electron chi connectivity index (χ3n) is 1.23. The minimum absolute atomic E-state index is 0.0495. The first-order valence-corrected chi connectivity index (χ1v) is 5.89. The molecule has 4 nitrogen and oxygen atoms in total. The van der Waals surface area contributed by atoms with Gasteiger partial charge in [0.15, 0.2) is 0 Å². The summed E-state index contributed by atoms with van der Waals surface area (Å²) < 4.78 is 27.6. The second-order valence-electron chi connectivity index (χ2n) is 3.00. The van der Waals surface area contributed by atoms with Crippen LogP contribution in [-0.2, 0) is 9.73 Å². The van der Waals surface area contributed by atoms with Crippen LogP contribution in [0.4, 0.5) is 4.39 Å². The maximum absolute atomic E-state index is 12.6. The van der Waals surface area contributed by atoms with Crippen molar-refractivity contribution in [2.24, 2.45) is 4.36 Å². The summed E-state index contributed by atoms with van der Waals surface area (Å²) in [7, 11) is -2.32. The van der Waals surface area contributed by atoms with Crippen LogP contribution in [0, 0.1) is 5.21 Å². The van der Waals surface area contributed by atoms with E-state index in [0.29, 0.717) is 5.06 Å². The van der Waals surface area contributed by atoms with Gasteiger partial charge in [-0.05, 0) is 6.08 Å². The van der Waals surface area contributed by atoms with Gasteiger partial charge in [-0.1, -0.05) is 0 Å². The van der Waals surface area contributed by atoms with Crippen molar-refractivity contribution in [2.45, 2.75) is 0 Å². The third kappa shape index (κ3) is 3.56. The minimum Gasteiger partial charge on any atom is -0.758 e. The van der Waals surface area contributed by atoms with E-state index in [0.717, 1.165) is 12.3 Å². The molecule has 0 fully saturated rings. The van der Waals surface area contributed by atoms with Crippen LogP contribution in [0.5, 0.6) is 0 Å². The zero-order valence-corrected chi connectivity index (χ0v) is 8.18. The van der Waals surface area contributed by atoms with Crippen LogP contribution >= 0.6 is 0 Å². The molecule has 0 aromatic heterocycles. The van der Waals surface area contributed by atoms with Gasteiger partial charge in [-0.15, -0.1) is 0 Å². The van der Waals surface area contributed by atoms with Gasteiger partial charge < -0.3 is 10.3 Å². The highest BCUT2D eigenvalue weighted by Gasteiger charge is 2.06. The second-order valence-corrected chi connectivity index (χ2v) is 5.54. The van der Waals surface area contributed by atoms with Crippen LogP contribution in [0.3, 0.4) is 0 Å². The summed E-state index contributed by atoms with van der Waals surface area (Å²) >= 11 is 0. The van der Waals surface area contributed by atoms with Crippen molar-refractivity contribution in [1.29, 1.82) is 0 Å². The zero-order chi connectivity index (χ0) is 10.1. The highest BCUT2D eigenvalue weighted by Crippen LogP contribution is 2.15. The van der Waals surface area contributed by atoms with Gasteiger partial charge >= 0.3 is 0 Å². The number of hydrogen-bond acceptors (Lipinski definition) is 4. The third-order valence-corrected chi connectivity index (χ3v) is 1.90. The van der Waals surface area contributed by atoms with Gasteiger partial charge in [0.05, 0.1) is 5.70 Å². The highest BCUT2D eigenvalue weighted by molar-refractivity contribution is 7.92. The van der Waals surface area contributed by atoms with Crippen molar-refractivity contribution in [3.63, 3.8) is 0 Å². The van der Waals surface area contributed by atoms with Crippen molar-refractivity contribution in [2.75, 3.05) is 19.1 Å². The Morgan fingerprint density at radius 3 is 2.77 bits per heavy atom. The lowest BCUT2D eigenvalue weighted by Crippen LogP contribution is -2.16. The Kier molecular flexibility index (Phi) is 2.72. The van der Waals surface area contributed by atoms with Crippen molar-refractivity contribution in [1.82, 2.24) is 5.06 Å². The molecule has 74 valence electrons. The van der Waals surface area contributed by atoms with Crippen LogP contribution < -0.4 is 0 Å². The van der Waals surface area contributed by atoms with E-state index in [1.165, 1.54) is 12.5 Å². The predicted molar refractivity (Wildman–Crippen MR) is 49.8 cm³/mol. The molecule has 0 bridgehead atoms.